The fraction of sp³-hybridized carbons (Fsp3) is 0.226. The molecule has 1 heterocycles. The number of aromatic nitrogens is 2. The summed E-state index contributed by atoms with van der Waals surface area (Å²) in [5.74, 6) is 1.45. The van der Waals surface area contributed by atoms with E-state index in [4.69, 9.17) is 18.9 Å². The highest BCUT2D eigenvalue weighted by molar-refractivity contribution is 7.92. The molecule has 214 valence electrons. The van der Waals surface area contributed by atoms with Crippen molar-refractivity contribution < 1.29 is 27.4 Å². The molecule has 4 rings (SSSR count). The molecule has 0 atom stereocenters. The van der Waals surface area contributed by atoms with E-state index in [-0.39, 0.29) is 40.2 Å². The van der Waals surface area contributed by atoms with Crippen molar-refractivity contribution in [2.24, 2.45) is 0 Å². The lowest BCUT2D eigenvalue weighted by atomic mass is 9.87. The van der Waals surface area contributed by atoms with Gasteiger partial charge in [-0.3, -0.25) is 4.72 Å². The highest BCUT2D eigenvalue weighted by Gasteiger charge is 2.26. The van der Waals surface area contributed by atoms with E-state index >= 15 is 0 Å². The number of hydrogen-bond donors (Lipinski definition) is 1. The molecule has 1 aromatic heterocycles. The Morgan fingerprint density at radius 3 is 2.12 bits per heavy atom. The van der Waals surface area contributed by atoms with E-state index in [9.17, 15) is 8.42 Å². The minimum Gasteiger partial charge on any atom is -0.497 e. The van der Waals surface area contributed by atoms with Crippen LogP contribution in [0.4, 0.5) is 5.82 Å². The van der Waals surface area contributed by atoms with Gasteiger partial charge in [0.1, 0.15) is 12.4 Å². The van der Waals surface area contributed by atoms with Crippen LogP contribution in [-0.4, -0.2) is 39.2 Å². The molecule has 0 saturated heterocycles. The zero-order chi connectivity index (χ0) is 29.6. The van der Waals surface area contributed by atoms with E-state index in [1.54, 1.807) is 86.0 Å². The molecule has 0 spiro atoms. The summed E-state index contributed by atoms with van der Waals surface area (Å²) in [6.07, 6.45) is 1.54. The van der Waals surface area contributed by atoms with E-state index in [0.717, 1.165) is 5.56 Å². The van der Waals surface area contributed by atoms with Gasteiger partial charge in [-0.25, -0.2) is 13.4 Å². The third-order valence-corrected chi connectivity index (χ3v) is 7.42. The van der Waals surface area contributed by atoms with Gasteiger partial charge in [-0.1, -0.05) is 57.7 Å². The van der Waals surface area contributed by atoms with Crippen molar-refractivity contribution in [3.63, 3.8) is 0 Å². The molecule has 1 N–H and O–H groups in total. The zero-order valence-electron chi connectivity index (χ0n) is 23.7. The lowest BCUT2D eigenvalue weighted by Crippen LogP contribution is -2.17. The van der Waals surface area contributed by atoms with Crippen LogP contribution in [0.1, 0.15) is 26.3 Å². The number of nitrogens with one attached hydrogen (secondary N) is 1. The van der Waals surface area contributed by atoms with Gasteiger partial charge in [0.25, 0.3) is 15.9 Å². The van der Waals surface area contributed by atoms with Gasteiger partial charge in [0.2, 0.25) is 5.75 Å². The Labute approximate surface area is 240 Å². The van der Waals surface area contributed by atoms with Crippen LogP contribution in [-0.2, 0) is 15.4 Å². The number of para-hydroxylation sites is 2. The number of sulfonamides is 1. The first-order chi connectivity index (χ1) is 19.6. The van der Waals surface area contributed by atoms with Crippen molar-refractivity contribution in [1.82, 2.24) is 9.97 Å². The highest BCUT2D eigenvalue weighted by atomic mass is 32.2. The minimum atomic E-state index is -4.10. The molecule has 41 heavy (non-hydrogen) atoms. The molecule has 0 bridgehead atoms. The molecule has 9 nitrogen and oxygen atoms in total. The normalized spacial score (nSPS) is 11.4. The molecule has 4 aromatic rings. The molecular formula is C31H33N3O6S. The Balaban J connectivity index is 1.87. The fourth-order valence-electron chi connectivity index (χ4n) is 3.83. The number of methoxy groups -OCH3 is 2. The SMILES string of the molecule is C=CCOc1nc(-c2ccc(OC)cc2)nc(NS(=O)(=O)c2ccc(C(C)(C)C)cc2)c1Oc1ccccc1OC. The van der Waals surface area contributed by atoms with Crippen molar-refractivity contribution in [1.29, 1.82) is 0 Å². The first-order valence-electron chi connectivity index (χ1n) is 12.8. The van der Waals surface area contributed by atoms with Crippen LogP contribution in [0.15, 0.2) is 90.3 Å². The summed E-state index contributed by atoms with van der Waals surface area (Å²) < 4.78 is 52.6. The number of ether oxygens (including phenoxy) is 4. The largest absolute Gasteiger partial charge is 0.497 e. The molecule has 0 unspecified atom stereocenters. The van der Waals surface area contributed by atoms with Crippen molar-refractivity contribution in [3.8, 4) is 40.3 Å². The van der Waals surface area contributed by atoms with Crippen LogP contribution >= 0.6 is 0 Å². The van der Waals surface area contributed by atoms with Gasteiger partial charge < -0.3 is 18.9 Å². The van der Waals surface area contributed by atoms with Gasteiger partial charge in [-0.15, -0.1) is 0 Å². The highest BCUT2D eigenvalue weighted by Crippen LogP contribution is 2.42. The first kappa shape index (κ1) is 29.4. The number of hydrogen-bond acceptors (Lipinski definition) is 8. The number of nitrogens with zero attached hydrogens (tertiary/aromatic N) is 2. The molecule has 0 aliphatic heterocycles. The van der Waals surface area contributed by atoms with Crippen LogP contribution < -0.4 is 23.7 Å². The Bertz CT molecular complexity index is 1610. The third-order valence-electron chi connectivity index (χ3n) is 6.06. The Morgan fingerprint density at radius 2 is 1.54 bits per heavy atom. The van der Waals surface area contributed by atoms with Crippen molar-refractivity contribution in [3.05, 3.63) is 91.0 Å². The fourth-order valence-corrected chi connectivity index (χ4v) is 4.83. The van der Waals surface area contributed by atoms with Crippen LogP contribution in [0.5, 0.6) is 28.9 Å². The number of anilines is 1. The predicted molar refractivity (Wildman–Crippen MR) is 159 cm³/mol. The van der Waals surface area contributed by atoms with Crippen LogP contribution in [0.2, 0.25) is 0 Å². The van der Waals surface area contributed by atoms with Gasteiger partial charge in [0.05, 0.1) is 19.1 Å². The van der Waals surface area contributed by atoms with Crippen molar-refractivity contribution in [2.75, 3.05) is 25.5 Å². The van der Waals surface area contributed by atoms with Gasteiger partial charge >= 0.3 is 0 Å². The average molecular weight is 576 g/mol. The average Bonchev–Trinajstić information content (AvgIpc) is 2.97. The summed E-state index contributed by atoms with van der Waals surface area (Å²) >= 11 is 0. The molecule has 0 radical (unpaired) electrons. The summed E-state index contributed by atoms with van der Waals surface area (Å²) in [5.41, 5.74) is 1.47. The van der Waals surface area contributed by atoms with Gasteiger partial charge in [0.15, 0.2) is 23.1 Å². The first-order valence-corrected chi connectivity index (χ1v) is 14.3. The summed E-state index contributed by atoms with van der Waals surface area (Å²) in [4.78, 5) is 9.20. The lowest BCUT2D eigenvalue weighted by molar-refractivity contribution is 0.320. The number of rotatable bonds is 11. The molecule has 0 saturated carbocycles. The summed E-state index contributed by atoms with van der Waals surface area (Å²) in [6, 6.07) is 20.7. The standard InChI is InChI=1S/C31H33N3O6S/c1-7-20-39-30-27(40-26-11-9-8-10-25(26)38-6)29(32-28(33-30)21-12-16-23(37-5)17-13-21)34-41(35,36)24-18-14-22(15-19-24)31(2,3)4/h7-19H,1,20H2,2-6H3,(H,32,33,34). The second kappa shape index (κ2) is 12.3. The maximum Gasteiger partial charge on any atom is 0.264 e. The maximum absolute atomic E-state index is 13.6. The molecule has 0 amide bonds. The van der Waals surface area contributed by atoms with E-state index < -0.39 is 10.0 Å². The molecule has 3 aromatic carbocycles. The molecular weight excluding hydrogens is 542 g/mol. The van der Waals surface area contributed by atoms with Crippen LogP contribution in [0, 0.1) is 0 Å². The smallest absolute Gasteiger partial charge is 0.264 e. The van der Waals surface area contributed by atoms with E-state index in [1.807, 2.05) is 0 Å². The second-order valence-corrected chi connectivity index (χ2v) is 11.7. The molecule has 10 heteroatoms. The van der Waals surface area contributed by atoms with Gasteiger partial charge in [0, 0.05) is 5.56 Å². The van der Waals surface area contributed by atoms with E-state index in [2.05, 4.69) is 42.0 Å². The zero-order valence-corrected chi connectivity index (χ0v) is 24.5. The Morgan fingerprint density at radius 1 is 0.878 bits per heavy atom. The summed E-state index contributed by atoms with van der Waals surface area (Å²) in [5, 5.41) is 0. The van der Waals surface area contributed by atoms with E-state index in [1.165, 1.54) is 7.11 Å². The molecule has 0 aliphatic carbocycles. The van der Waals surface area contributed by atoms with Crippen LogP contribution in [0.25, 0.3) is 11.4 Å². The maximum atomic E-state index is 13.6. The third kappa shape index (κ3) is 6.96. The lowest BCUT2D eigenvalue weighted by Gasteiger charge is -2.20. The molecule has 0 fully saturated rings. The van der Waals surface area contributed by atoms with Gasteiger partial charge in [-0.05, 0) is 59.5 Å². The summed E-state index contributed by atoms with van der Waals surface area (Å²) in [7, 11) is -1.03. The monoisotopic (exact) mass is 575 g/mol. The minimum absolute atomic E-state index is 0.0115. The van der Waals surface area contributed by atoms with Crippen molar-refractivity contribution >= 4 is 15.8 Å². The van der Waals surface area contributed by atoms with Crippen LogP contribution in [0.3, 0.4) is 0 Å². The Hall–Kier alpha value is -4.57. The topological polar surface area (TPSA) is 109 Å². The molecule has 0 aliphatic rings. The van der Waals surface area contributed by atoms with Gasteiger partial charge in [-0.2, -0.15) is 4.98 Å². The van der Waals surface area contributed by atoms with Crippen molar-refractivity contribution in [2.45, 2.75) is 31.1 Å². The second-order valence-electron chi connectivity index (χ2n) is 9.99. The quantitative estimate of drug-likeness (QED) is 0.199. The summed E-state index contributed by atoms with van der Waals surface area (Å²) in [6.45, 7) is 9.97. The van der Waals surface area contributed by atoms with E-state index in [0.29, 0.717) is 22.8 Å². The predicted octanol–water partition coefficient (Wildman–Crippen LogP) is 6.62. The Kier molecular flexibility index (Phi) is 8.83. The number of benzene rings is 3.